The number of nitrogens with two attached hydrogens (primary N) is 1. The number of fused-ring (bicyclic) bond motifs is 1. The zero-order valence-corrected chi connectivity index (χ0v) is 18.4. The van der Waals surface area contributed by atoms with Crippen LogP contribution in [0.4, 0.5) is 17.6 Å². The maximum absolute atomic E-state index is 15.3. The lowest BCUT2D eigenvalue weighted by Crippen LogP contribution is -2.52. The number of hydrogen-bond donors (Lipinski definition) is 2. The minimum Gasteiger partial charge on any atom is -0.496 e. The second-order valence-corrected chi connectivity index (χ2v) is 8.49. The highest BCUT2D eigenvalue weighted by molar-refractivity contribution is 6.00. The van der Waals surface area contributed by atoms with Crippen LogP contribution in [0.25, 0.3) is 21.9 Å². The van der Waals surface area contributed by atoms with E-state index < -0.39 is 41.2 Å². The molecule has 4 rings (SSSR count). The first-order chi connectivity index (χ1) is 16.0. The molecule has 1 aliphatic carbocycles. The van der Waals surface area contributed by atoms with Gasteiger partial charge in [-0.1, -0.05) is 49.4 Å². The van der Waals surface area contributed by atoms with Crippen LogP contribution in [0.3, 0.4) is 0 Å². The smallest absolute Gasteiger partial charge is 0.471 e. The summed E-state index contributed by atoms with van der Waals surface area (Å²) in [5.41, 5.74) is 4.93. The number of hydrogen-bond acceptors (Lipinski definition) is 3. The van der Waals surface area contributed by atoms with Gasteiger partial charge in [0.15, 0.2) is 0 Å². The summed E-state index contributed by atoms with van der Waals surface area (Å²) in [7, 11) is 1.52. The van der Waals surface area contributed by atoms with E-state index in [1.165, 1.54) is 19.2 Å². The molecule has 0 bridgehead atoms. The quantitative estimate of drug-likeness (QED) is 0.509. The van der Waals surface area contributed by atoms with Gasteiger partial charge in [0.25, 0.3) is 0 Å². The zero-order valence-electron chi connectivity index (χ0n) is 18.4. The van der Waals surface area contributed by atoms with Crippen LogP contribution in [0.1, 0.15) is 24.8 Å². The molecule has 0 spiro atoms. The van der Waals surface area contributed by atoms with Crippen LogP contribution in [-0.2, 0) is 9.59 Å². The van der Waals surface area contributed by atoms with Crippen LogP contribution < -0.4 is 15.8 Å². The van der Waals surface area contributed by atoms with Gasteiger partial charge in [0, 0.05) is 11.5 Å². The fourth-order valence-corrected chi connectivity index (χ4v) is 4.64. The van der Waals surface area contributed by atoms with Crippen molar-refractivity contribution in [1.29, 1.82) is 0 Å². The SMILES string of the molecule is COc1ccc2ccccc2c1-c1ccc([C@H](C)C2CC2(NC(=O)C(F)(F)F)C(N)=O)c(F)c1. The van der Waals surface area contributed by atoms with Gasteiger partial charge in [-0.3, -0.25) is 9.59 Å². The molecular weight excluding hydrogens is 452 g/mol. The normalized spacial score (nSPS) is 20.6. The first kappa shape index (κ1) is 23.5. The van der Waals surface area contributed by atoms with Crippen molar-refractivity contribution in [2.75, 3.05) is 7.11 Å². The molecule has 3 atom stereocenters. The fourth-order valence-electron chi connectivity index (χ4n) is 4.64. The Balaban J connectivity index is 1.67. The molecule has 0 radical (unpaired) electrons. The minimum atomic E-state index is -5.16. The van der Waals surface area contributed by atoms with E-state index in [0.717, 1.165) is 10.8 Å². The van der Waals surface area contributed by atoms with Crippen molar-refractivity contribution >= 4 is 22.6 Å². The molecule has 1 fully saturated rings. The van der Waals surface area contributed by atoms with Crippen molar-refractivity contribution in [3.63, 3.8) is 0 Å². The van der Waals surface area contributed by atoms with E-state index in [0.29, 0.717) is 16.9 Å². The van der Waals surface area contributed by atoms with Gasteiger partial charge in [-0.05, 0) is 46.4 Å². The maximum atomic E-state index is 15.3. The molecule has 3 aromatic rings. The predicted molar refractivity (Wildman–Crippen MR) is 119 cm³/mol. The van der Waals surface area contributed by atoms with E-state index in [9.17, 15) is 22.8 Å². The molecule has 9 heteroatoms. The summed E-state index contributed by atoms with van der Waals surface area (Å²) in [6, 6.07) is 15.8. The summed E-state index contributed by atoms with van der Waals surface area (Å²) >= 11 is 0. The average Bonchev–Trinajstić information content (AvgIpc) is 3.52. The van der Waals surface area contributed by atoms with Gasteiger partial charge in [0.2, 0.25) is 5.91 Å². The lowest BCUT2D eigenvalue weighted by Gasteiger charge is -2.21. The van der Waals surface area contributed by atoms with E-state index in [4.69, 9.17) is 10.5 Å². The molecule has 1 saturated carbocycles. The summed E-state index contributed by atoms with van der Waals surface area (Å²) < 4.78 is 59.0. The Bertz CT molecular complexity index is 1290. The van der Waals surface area contributed by atoms with Crippen LogP contribution >= 0.6 is 0 Å². The molecule has 5 nitrogen and oxygen atoms in total. The van der Waals surface area contributed by atoms with Crippen molar-refractivity contribution in [3.05, 3.63) is 66.0 Å². The van der Waals surface area contributed by atoms with Gasteiger partial charge < -0.3 is 15.8 Å². The number of carbonyl (C=O) groups excluding carboxylic acids is 2. The summed E-state index contributed by atoms with van der Waals surface area (Å²) in [6.07, 6.45) is -5.27. The summed E-state index contributed by atoms with van der Waals surface area (Å²) in [4.78, 5) is 23.4. The Kier molecular flexibility index (Phi) is 5.75. The van der Waals surface area contributed by atoms with E-state index in [1.54, 1.807) is 24.4 Å². The molecule has 34 heavy (non-hydrogen) atoms. The van der Waals surface area contributed by atoms with Crippen molar-refractivity contribution in [2.45, 2.75) is 31.0 Å². The Hall–Kier alpha value is -3.62. The molecule has 0 saturated heterocycles. The number of benzene rings is 3. The second-order valence-electron chi connectivity index (χ2n) is 8.49. The number of ether oxygens (including phenoxy) is 1. The molecule has 3 aromatic carbocycles. The molecule has 178 valence electrons. The maximum Gasteiger partial charge on any atom is 0.471 e. The number of halogens is 4. The van der Waals surface area contributed by atoms with E-state index in [1.807, 2.05) is 30.3 Å². The number of alkyl halides is 3. The van der Waals surface area contributed by atoms with Crippen LogP contribution in [0.2, 0.25) is 0 Å². The van der Waals surface area contributed by atoms with Crippen LogP contribution in [0.5, 0.6) is 5.75 Å². The first-order valence-electron chi connectivity index (χ1n) is 10.5. The van der Waals surface area contributed by atoms with Crippen LogP contribution in [0.15, 0.2) is 54.6 Å². The molecule has 2 unspecified atom stereocenters. The van der Waals surface area contributed by atoms with E-state index in [2.05, 4.69) is 0 Å². The second kappa shape index (κ2) is 8.30. The lowest BCUT2D eigenvalue weighted by molar-refractivity contribution is -0.175. The largest absolute Gasteiger partial charge is 0.496 e. The van der Waals surface area contributed by atoms with Gasteiger partial charge in [-0.15, -0.1) is 0 Å². The van der Waals surface area contributed by atoms with Crippen LogP contribution in [-0.4, -0.2) is 30.6 Å². The van der Waals surface area contributed by atoms with Crippen molar-refractivity contribution in [2.24, 2.45) is 11.7 Å². The topological polar surface area (TPSA) is 81.4 Å². The van der Waals surface area contributed by atoms with E-state index >= 15 is 4.39 Å². The number of amides is 2. The first-order valence-corrected chi connectivity index (χ1v) is 10.5. The summed E-state index contributed by atoms with van der Waals surface area (Å²) in [5.74, 6) is -4.82. The lowest BCUT2D eigenvalue weighted by atomic mass is 9.90. The third-order valence-electron chi connectivity index (χ3n) is 6.54. The van der Waals surface area contributed by atoms with Gasteiger partial charge in [0.1, 0.15) is 17.1 Å². The Morgan fingerprint density at radius 1 is 1.15 bits per heavy atom. The third-order valence-corrected chi connectivity index (χ3v) is 6.54. The third kappa shape index (κ3) is 3.95. The average molecular weight is 474 g/mol. The predicted octanol–water partition coefficient (Wildman–Crippen LogP) is 4.68. The Morgan fingerprint density at radius 2 is 1.85 bits per heavy atom. The molecule has 0 heterocycles. The summed E-state index contributed by atoms with van der Waals surface area (Å²) in [5, 5.41) is 3.53. The van der Waals surface area contributed by atoms with Crippen LogP contribution in [0, 0.1) is 11.7 Å². The molecule has 3 N–H and O–H groups in total. The summed E-state index contributed by atoms with van der Waals surface area (Å²) in [6.45, 7) is 1.59. The highest BCUT2D eigenvalue weighted by Gasteiger charge is 2.64. The number of primary amides is 1. The van der Waals surface area contributed by atoms with Gasteiger partial charge >= 0.3 is 12.1 Å². The highest BCUT2D eigenvalue weighted by atomic mass is 19.4. The number of rotatable bonds is 6. The minimum absolute atomic E-state index is 0.107. The van der Waals surface area contributed by atoms with Gasteiger partial charge in [0.05, 0.1) is 7.11 Å². The molecule has 2 amide bonds. The number of nitrogens with one attached hydrogen (secondary N) is 1. The zero-order chi connectivity index (χ0) is 24.8. The van der Waals surface area contributed by atoms with Crippen molar-refractivity contribution in [1.82, 2.24) is 5.32 Å². The number of carbonyl (C=O) groups is 2. The molecule has 0 aliphatic heterocycles. The number of methoxy groups -OCH3 is 1. The van der Waals surface area contributed by atoms with Crippen molar-refractivity contribution in [3.8, 4) is 16.9 Å². The molecule has 0 aromatic heterocycles. The Labute approximate surface area is 192 Å². The van der Waals surface area contributed by atoms with Crippen molar-refractivity contribution < 1.29 is 31.9 Å². The van der Waals surface area contributed by atoms with Gasteiger partial charge in [-0.25, -0.2) is 4.39 Å². The Morgan fingerprint density at radius 3 is 2.47 bits per heavy atom. The van der Waals surface area contributed by atoms with Gasteiger partial charge in [-0.2, -0.15) is 13.2 Å². The monoisotopic (exact) mass is 474 g/mol. The molecular formula is C25H22F4N2O3. The highest BCUT2D eigenvalue weighted by Crippen LogP contribution is 2.53. The van der Waals surface area contributed by atoms with E-state index in [-0.39, 0.29) is 12.0 Å². The fraction of sp³-hybridized carbons (Fsp3) is 0.280. The standard InChI is InChI=1S/C25H22F4N2O3/c1-13(18-12-24(18,22(30)32)31-23(33)25(27,28)29)16-9-7-15(11-19(16)26)21-17-6-4-3-5-14(17)8-10-20(21)34-2/h3-11,13,18H,12H2,1-2H3,(H2,30,32)(H,31,33)/t13-,18?,24?/m0/s1. The molecule has 1 aliphatic rings.